The van der Waals surface area contributed by atoms with E-state index in [1.165, 1.54) is 5.56 Å². The minimum atomic E-state index is 0.115. The summed E-state index contributed by atoms with van der Waals surface area (Å²) in [4.78, 5) is 1.15. The molecule has 1 aliphatic rings. The lowest BCUT2D eigenvalue weighted by Gasteiger charge is -2.25. The Morgan fingerprint density at radius 3 is 2.76 bits per heavy atom. The molecule has 6 heteroatoms. The zero-order chi connectivity index (χ0) is 14.2. The van der Waals surface area contributed by atoms with Crippen LogP contribution in [0.5, 0.6) is 0 Å². The van der Waals surface area contributed by atoms with E-state index in [0.717, 1.165) is 33.4 Å². The van der Waals surface area contributed by atoms with E-state index in [4.69, 9.17) is 0 Å². The molecule has 0 bridgehead atoms. The summed E-state index contributed by atoms with van der Waals surface area (Å²) >= 11 is 5.20. The zero-order valence-electron chi connectivity index (χ0n) is 11.2. The number of benzene rings is 1. The van der Waals surface area contributed by atoms with Gasteiger partial charge in [0, 0.05) is 13.1 Å². The van der Waals surface area contributed by atoms with Crippen molar-refractivity contribution in [3.63, 3.8) is 0 Å². The second-order valence-electron chi connectivity index (χ2n) is 4.94. The van der Waals surface area contributed by atoms with Gasteiger partial charge in [0.25, 0.3) is 0 Å². The summed E-state index contributed by atoms with van der Waals surface area (Å²) in [6.45, 7) is 1.82. The molecule has 4 rings (SSSR count). The molecule has 2 aromatic heterocycles. The monoisotopic (exact) mass is 360 g/mol. The van der Waals surface area contributed by atoms with Crippen LogP contribution < -0.4 is 5.32 Å². The topological polar surface area (TPSA) is 42.7 Å². The number of nitrogens with zero attached hydrogens (tertiary/aromatic N) is 3. The molecule has 1 atom stereocenters. The molecule has 0 spiro atoms. The molecule has 0 amide bonds. The Balaban J connectivity index is 1.79. The van der Waals surface area contributed by atoms with Crippen LogP contribution >= 0.6 is 27.3 Å². The molecule has 4 nitrogen and oxygen atoms in total. The third-order valence-corrected chi connectivity index (χ3v) is 5.27. The Hall–Kier alpha value is -1.50. The quantitative estimate of drug-likeness (QED) is 0.760. The predicted octanol–water partition coefficient (Wildman–Crippen LogP) is 3.46. The maximum Gasteiger partial charge on any atom is 0.174 e. The van der Waals surface area contributed by atoms with Crippen LogP contribution in [0.4, 0.5) is 0 Å². The fraction of sp³-hybridized carbons (Fsp3) is 0.200. The number of halogens is 1. The average molecular weight is 361 g/mol. The van der Waals surface area contributed by atoms with Crippen molar-refractivity contribution in [2.24, 2.45) is 0 Å². The van der Waals surface area contributed by atoms with Crippen molar-refractivity contribution in [3.05, 3.63) is 57.6 Å². The predicted molar refractivity (Wildman–Crippen MR) is 87.3 cm³/mol. The molecule has 106 valence electrons. The van der Waals surface area contributed by atoms with Gasteiger partial charge in [0.1, 0.15) is 0 Å². The number of aromatic nitrogens is 3. The summed E-state index contributed by atoms with van der Waals surface area (Å²) in [6.07, 6.45) is 0. The van der Waals surface area contributed by atoms with Crippen LogP contribution in [0.25, 0.3) is 10.7 Å². The number of nitrogens with one attached hydrogen (secondary N) is 1. The number of hydrogen-bond donors (Lipinski definition) is 1. The first-order valence-corrected chi connectivity index (χ1v) is 8.41. The van der Waals surface area contributed by atoms with E-state index in [2.05, 4.69) is 72.4 Å². The van der Waals surface area contributed by atoms with Crippen molar-refractivity contribution < 1.29 is 0 Å². The molecule has 0 aliphatic carbocycles. The average Bonchev–Trinajstić information content (AvgIpc) is 3.13. The van der Waals surface area contributed by atoms with Gasteiger partial charge < -0.3 is 9.88 Å². The van der Waals surface area contributed by atoms with Crippen LogP contribution in [-0.2, 0) is 6.54 Å². The van der Waals surface area contributed by atoms with E-state index in [1.807, 2.05) is 6.07 Å². The van der Waals surface area contributed by atoms with Crippen molar-refractivity contribution in [2.75, 3.05) is 6.54 Å². The summed E-state index contributed by atoms with van der Waals surface area (Å²) in [5, 5.41) is 12.4. The summed E-state index contributed by atoms with van der Waals surface area (Å²) in [5.41, 5.74) is 1.23. The molecule has 1 aliphatic heterocycles. The van der Waals surface area contributed by atoms with Gasteiger partial charge in [-0.3, -0.25) is 0 Å². The SMILES string of the molecule is Brc1ccc(-c2nnc3n2CCNC3c2ccccc2)s1. The fourth-order valence-electron chi connectivity index (χ4n) is 2.69. The molecule has 1 aromatic carbocycles. The zero-order valence-corrected chi connectivity index (χ0v) is 13.6. The lowest BCUT2D eigenvalue weighted by molar-refractivity contribution is 0.458. The minimum Gasteiger partial charge on any atom is -0.307 e. The molecule has 3 heterocycles. The molecule has 1 unspecified atom stereocenters. The van der Waals surface area contributed by atoms with E-state index in [0.29, 0.717) is 0 Å². The van der Waals surface area contributed by atoms with Gasteiger partial charge in [0.2, 0.25) is 0 Å². The molecule has 3 aromatic rings. The lowest BCUT2D eigenvalue weighted by atomic mass is 10.1. The molecule has 0 fully saturated rings. The van der Waals surface area contributed by atoms with Crippen LogP contribution in [0, 0.1) is 0 Å². The highest BCUT2D eigenvalue weighted by molar-refractivity contribution is 9.11. The Morgan fingerprint density at radius 2 is 2.00 bits per heavy atom. The standard InChI is InChI=1S/C15H13BrN4S/c16-12-7-6-11(21-12)14-18-19-15-13(17-8-9-20(14)15)10-4-2-1-3-5-10/h1-7,13,17H,8-9H2. The summed E-state index contributed by atoms with van der Waals surface area (Å²) < 4.78 is 3.34. The molecule has 0 saturated heterocycles. The highest BCUT2D eigenvalue weighted by Gasteiger charge is 2.26. The lowest BCUT2D eigenvalue weighted by Crippen LogP contribution is -2.34. The van der Waals surface area contributed by atoms with Crippen LogP contribution in [-0.4, -0.2) is 21.3 Å². The van der Waals surface area contributed by atoms with Crippen LogP contribution in [0.3, 0.4) is 0 Å². The van der Waals surface area contributed by atoms with Crippen molar-refractivity contribution >= 4 is 27.3 Å². The molecule has 0 saturated carbocycles. The van der Waals surface area contributed by atoms with E-state index in [-0.39, 0.29) is 6.04 Å². The van der Waals surface area contributed by atoms with Gasteiger partial charge >= 0.3 is 0 Å². The van der Waals surface area contributed by atoms with Crippen molar-refractivity contribution in [2.45, 2.75) is 12.6 Å². The normalized spacial score (nSPS) is 17.7. The van der Waals surface area contributed by atoms with E-state index in [1.54, 1.807) is 11.3 Å². The summed E-state index contributed by atoms with van der Waals surface area (Å²) in [7, 11) is 0. The molecular formula is C15H13BrN4S. The largest absolute Gasteiger partial charge is 0.307 e. The Labute approximate surface area is 135 Å². The minimum absolute atomic E-state index is 0.115. The Bertz CT molecular complexity index is 765. The first kappa shape index (κ1) is 13.2. The Kier molecular flexibility index (Phi) is 3.37. The summed E-state index contributed by atoms with van der Waals surface area (Å²) in [6, 6.07) is 14.7. The maximum absolute atomic E-state index is 4.44. The third-order valence-electron chi connectivity index (χ3n) is 3.65. The highest BCUT2D eigenvalue weighted by atomic mass is 79.9. The van der Waals surface area contributed by atoms with E-state index < -0.39 is 0 Å². The highest BCUT2D eigenvalue weighted by Crippen LogP contribution is 2.33. The van der Waals surface area contributed by atoms with Crippen molar-refractivity contribution in [3.8, 4) is 10.7 Å². The van der Waals surface area contributed by atoms with Crippen molar-refractivity contribution in [1.29, 1.82) is 0 Å². The maximum atomic E-state index is 4.44. The van der Waals surface area contributed by atoms with Gasteiger partial charge in [-0.1, -0.05) is 30.3 Å². The molecular weight excluding hydrogens is 348 g/mol. The summed E-state index contributed by atoms with van der Waals surface area (Å²) in [5.74, 6) is 1.95. The van der Waals surface area contributed by atoms with Crippen LogP contribution in [0.1, 0.15) is 17.4 Å². The van der Waals surface area contributed by atoms with Crippen molar-refractivity contribution in [1.82, 2.24) is 20.1 Å². The van der Waals surface area contributed by atoms with E-state index in [9.17, 15) is 0 Å². The third kappa shape index (κ3) is 2.33. The fourth-order valence-corrected chi connectivity index (χ4v) is 4.07. The second-order valence-corrected chi connectivity index (χ2v) is 7.40. The molecule has 21 heavy (non-hydrogen) atoms. The Morgan fingerprint density at radius 1 is 1.14 bits per heavy atom. The van der Waals surface area contributed by atoms with Gasteiger partial charge in [-0.15, -0.1) is 21.5 Å². The number of rotatable bonds is 2. The molecule has 1 N–H and O–H groups in total. The van der Waals surface area contributed by atoms with Gasteiger partial charge in [0.05, 0.1) is 14.7 Å². The van der Waals surface area contributed by atoms with Crippen LogP contribution in [0.2, 0.25) is 0 Å². The number of fused-ring (bicyclic) bond motifs is 1. The molecule has 0 radical (unpaired) electrons. The van der Waals surface area contributed by atoms with Crippen LogP contribution in [0.15, 0.2) is 46.3 Å². The number of hydrogen-bond acceptors (Lipinski definition) is 4. The number of thiophene rings is 1. The van der Waals surface area contributed by atoms with Gasteiger partial charge in [-0.25, -0.2) is 0 Å². The van der Waals surface area contributed by atoms with Gasteiger partial charge in [-0.05, 0) is 33.6 Å². The first-order valence-electron chi connectivity index (χ1n) is 6.80. The first-order chi connectivity index (χ1) is 10.3. The van der Waals surface area contributed by atoms with Gasteiger partial charge in [-0.2, -0.15) is 0 Å². The smallest absolute Gasteiger partial charge is 0.174 e. The van der Waals surface area contributed by atoms with Gasteiger partial charge in [0.15, 0.2) is 11.6 Å². The van der Waals surface area contributed by atoms with E-state index >= 15 is 0 Å². The second kappa shape index (κ2) is 5.36.